The zero-order valence-electron chi connectivity index (χ0n) is 16.1. The number of nitrogens with zero attached hydrogens (tertiary/aromatic N) is 5. The van der Waals surface area contributed by atoms with Crippen molar-refractivity contribution in [2.24, 2.45) is 0 Å². The van der Waals surface area contributed by atoms with Gasteiger partial charge in [-0.3, -0.25) is 4.79 Å². The molecule has 0 bridgehead atoms. The number of carbonyl (C=O) groups is 1. The topological polar surface area (TPSA) is 87.7 Å². The largest absolute Gasteiger partial charge is 0.343 e. The summed E-state index contributed by atoms with van der Waals surface area (Å²) in [5, 5.41) is 0. The third-order valence-corrected chi connectivity index (χ3v) is 5.46. The average molecular weight is 402 g/mol. The van der Waals surface area contributed by atoms with Crippen LogP contribution >= 0.6 is 0 Å². The fourth-order valence-corrected chi connectivity index (χ4v) is 3.80. The summed E-state index contributed by atoms with van der Waals surface area (Å²) in [5.41, 5.74) is 3.38. The summed E-state index contributed by atoms with van der Waals surface area (Å²) in [7, 11) is 0. The molecule has 30 heavy (non-hydrogen) atoms. The van der Waals surface area contributed by atoms with Gasteiger partial charge in [0.05, 0.1) is 17.5 Å². The van der Waals surface area contributed by atoms with Crippen molar-refractivity contribution < 1.29 is 9.18 Å². The molecular formula is C22H19FN6O. The molecule has 0 radical (unpaired) electrons. The molecule has 1 aliphatic rings. The lowest BCUT2D eigenvalue weighted by Crippen LogP contribution is -2.38. The van der Waals surface area contributed by atoms with Gasteiger partial charge in [0.1, 0.15) is 17.3 Å². The highest BCUT2D eigenvalue weighted by molar-refractivity contribution is 5.94. The van der Waals surface area contributed by atoms with E-state index in [9.17, 15) is 9.18 Å². The lowest BCUT2D eigenvalue weighted by molar-refractivity contribution is 0.0705. The number of pyridine rings is 1. The van der Waals surface area contributed by atoms with Crippen molar-refractivity contribution in [1.29, 1.82) is 0 Å². The second-order valence-electron chi connectivity index (χ2n) is 7.34. The molecule has 0 atom stereocenters. The van der Waals surface area contributed by atoms with Crippen LogP contribution < -0.4 is 0 Å². The van der Waals surface area contributed by atoms with Gasteiger partial charge in [-0.2, -0.15) is 0 Å². The van der Waals surface area contributed by atoms with E-state index in [1.807, 2.05) is 17.0 Å². The van der Waals surface area contributed by atoms with Crippen LogP contribution in [-0.4, -0.2) is 48.8 Å². The highest BCUT2D eigenvalue weighted by Crippen LogP contribution is 2.28. The third kappa shape index (κ3) is 3.52. The van der Waals surface area contributed by atoms with Crippen molar-refractivity contribution in [2.75, 3.05) is 13.1 Å². The molecule has 1 aromatic carbocycles. The molecule has 5 rings (SSSR count). The smallest absolute Gasteiger partial charge is 0.272 e. The molecule has 150 valence electrons. The van der Waals surface area contributed by atoms with E-state index >= 15 is 0 Å². The Morgan fingerprint density at radius 1 is 1.00 bits per heavy atom. The average Bonchev–Trinajstić information content (AvgIpc) is 3.27. The fraction of sp³-hybridized carbons (Fsp3) is 0.227. The molecule has 8 heteroatoms. The molecule has 0 aliphatic carbocycles. The van der Waals surface area contributed by atoms with Crippen LogP contribution in [0.3, 0.4) is 0 Å². The number of aromatic nitrogens is 5. The Labute approximate surface area is 172 Å². The lowest BCUT2D eigenvalue weighted by atomic mass is 9.95. The maximum absolute atomic E-state index is 13.2. The number of aromatic amines is 1. The number of likely N-dealkylation sites (tertiary alicyclic amines) is 1. The minimum absolute atomic E-state index is 0.0840. The van der Waals surface area contributed by atoms with Crippen LogP contribution in [0.5, 0.6) is 0 Å². The number of rotatable bonds is 3. The van der Waals surface area contributed by atoms with Crippen LogP contribution in [0.15, 0.2) is 55.0 Å². The van der Waals surface area contributed by atoms with Crippen molar-refractivity contribution in [1.82, 2.24) is 29.8 Å². The summed E-state index contributed by atoms with van der Waals surface area (Å²) < 4.78 is 13.2. The Hall–Kier alpha value is -3.68. The first-order valence-electron chi connectivity index (χ1n) is 9.86. The number of benzene rings is 1. The lowest BCUT2D eigenvalue weighted by Gasteiger charge is -2.31. The summed E-state index contributed by atoms with van der Waals surface area (Å²) >= 11 is 0. The number of imidazole rings is 1. The van der Waals surface area contributed by atoms with E-state index in [2.05, 4.69) is 19.9 Å². The van der Waals surface area contributed by atoms with E-state index in [4.69, 9.17) is 4.98 Å². The Balaban J connectivity index is 1.28. The molecule has 0 saturated carbocycles. The van der Waals surface area contributed by atoms with Crippen molar-refractivity contribution in [3.05, 3.63) is 72.3 Å². The molecule has 1 N–H and O–H groups in total. The van der Waals surface area contributed by atoms with Crippen molar-refractivity contribution in [3.8, 4) is 11.3 Å². The molecular weight excluding hydrogens is 383 g/mol. The molecule has 7 nitrogen and oxygen atoms in total. The molecule has 1 fully saturated rings. The summed E-state index contributed by atoms with van der Waals surface area (Å²) in [6.07, 6.45) is 4.87. The Bertz CT molecular complexity index is 1200. The van der Waals surface area contributed by atoms with Gasteiger partial charge in [0.2, 0.25) is 0 Å². The second-order valence-corrected chi connectivity index (χ2v) is 7.34. The van der Waals surface area contributed by atoms with E-state index in [0.29, 0.717) is 24.4 Å². The van der Waals surface area contributed by atoms with Gasteiger partial charge in [0.15, 0.2) is 5.65 Å². The van der Waals surface area contributed by atoms with Gasteiger partial charge in [0.25, 0.3) is 5.91 Å². The summed E-state index contributed by atoms with van der Waals surface area (Å²) in [6, 6.07) is 11.7. The van der Waals surface area contributed by atoms with Gasteiger partial charge in [-0.15, -0.1) is 0 Å². The molecule has 4 aromatic rings. The van der Waals surface area contributed by atoms with Gasteiger partial charge in [-0.1, -0.05) is 0 Å². The van der Waals surface area contributed by atoms with Crippen molar-refractivity contribution in [3.63, 3.8) is 0 Å². The van der Waals surface area contributed by atoms with E-state index < -0.39 is 0 Å². The minimum atomic E-state index is -0.272. The number of piperidine rings is 1. The van der Waals surface area contributed by atoms with Crippen LogP contribution in [0.2, 0.25) is 0 Å². The zero-order valence-corrected chi connectivity index (χ0v) is 16.1. The van der Waals surface area contributed by atoms with Crippen LogP contribution in [0.1, 0.15) is 35.1 Å². The van der Waals surface area contributed by atoms with Crippen LogP contribution in [0, 0.1) is 5.82 Å². The Morgan fingerprint density at radius 3 is 2.60 bits per heavy atom. The number of halogens is 1. The SMILES string of the molecule is O=C(c1ccc2[nH]cnc2n1)N1CCC(c2nccc(-c3ccc(F)cc3)n2)CC1. The van der Waals surface area contributed by atoms with E-state index in [1.54, 1.807) is 30.7 Å². The predicted molar refractivity (Wildman–Crippen MR) is 109 cm³/mol. The minimum Gasteiger partial charge on any atom is -0.343 e. The maximum Gasteiger partial charge on any atom is 0.272 e. The predicted octanol–water partition coefficient (Wildman–Crippen LogP) is 3.57. The number of carbonyl (C=O) groups excluding carboxylic acids is 1. The first-order valence-corrected chi connectivity index (χ1v) is 9.86. The Morgan fingerprint density at radius 2 is 1.80 bits per heavy atom. The highest BCUT2D eigenvalue weighted by atomic mass is 19.1. The van der Waals surface area contributed by atoms with Gasteiger partial charge in [0, 0.05) is 30.8 Å². The third-order valence-electron chi connectivity index (χ3n) is 5.46. The number of nitrogens with one attached hydrogen (secondary N) is 1. The molecule has 1 saturated heterocycles. The van der Waals surface area contributed by atoms with Crippen molar-refractivity contribution in [2.45, 2.75) is 18.8 Å². The standard InChI is InChI=1S/C22H19FN6O/c23-16-3-1-14(2-4-16)17-7-10-24-20(27-17)15-8-11-29(12-9-15)22(30)19-6-5-18-21(28-19)26-13-25-18/h1-7,10,13,15H,8-9,11-12H2,(H,25,26,28). The molecule has 3 aromatic heterocycles. The van der Waals surface area contributed by atoms with E-state index in [0.717, 1.165) is 35.4 Å². The second kappa shape index (κ2) is 7.62. The monoisotopic (exact) mass is 402 g/mol. The summed E-state index contributed by atoms with van der Waals surface area (Å²) in [4.78, 5) is 35.3. The number of amides is 1. The molecule has 4 heterocycles. The number of fused-ring (bicyclic) bond motifs is 1. The zero-order chi connectivity index (χ0) is 20.5. The van der Waals surface area contributed by atoms with Gasteiger partial charge < -0.3 is 9.88 Å². The maximum atomic E-state index is 13.2. The summed E-state index contributed by atoms with van der Waals surface area (Å²) in [6.45, 7) is 1.24. The fourth-order valence-electron chi connectivity index (χ4n) is 3.80. The number of H-pyrrole nitrogens is 1. The summed E-state index contributed by atoms with van der Waals surface area (Å²) in [5.74, 6) is 0.585. The van der Waals surface area contributed by atoms with Gasteiger partial charge >= 0.3 is 0 Å². The molecule has 0 unspecified atom stereocenters. The Kier molecular flexibility index (Phi) is 4.66. The number of hydrogen-bond donors (Lipinski definition) is 1. The molecule has 0 spiro atoms. The van der Waals surface area contributed by atoms with E-state index in [-0.39, 0.29) is 17.6 Å². The van der Waals surface area contributed by atoms with Crippen LogP contribution in [-0.2, 0) is 0 Å². The highest BCUT2D eigenvalue weighted by Gasteiger charge is 2.27. The van der Waals surface area contributed by atoms with Crippen molar-refractivity contribution >= 4 is 17.1 Å². The first-order chi connectivity index (χ1) is 14.7. The molecule has 1 aliphatic heterocycles. The van der Waals surface area contributed by atoms with E-state index in [1.165, 1.54) is 12.1 Å². The first kappa shape index (κ1) is 18.4. The number of hydrogen-bond acceptors (Lipinski definition) is 5. The van der Waals surface area contributed by atoms with Crippen LogP contribution in [0.4, 0.5) is 4.39 Å². The van der Waals surface area contributed by atoms with Gasteiger partial charge in [-0.25, -0.2) is 24.3 Å². The normalized spacial score (nSPS) is 14.9. The molecule has 1 amide bonds. The van der Waals surface area contributed by atoms with Crippen LogP contribution in [0.25, 0.3) is 22.4 Å². The quantitative estimate of drug-likeness (QED) is 0.566. The van der Waals surface area contributed by atoms with Gasteiger partial charge in [-0.05, 0) is 55.3 Å².